The van der Waals surface area contributed by atoms with E-state index in [1.165, 1.54) is 12.1 Å². The smallest absolute Gasteiger partial charge is 0.355 e. The van der Waals surface area contributed by atoms with E-state index in [2.05, 4.69) is 10.3 Å². The van der Waals surface area contributed by atoms with E-state index in [0.717, 1.165) is 24.3 Å². The predicted octanol–water partition coefficient (Wildman–Crippen LogP) is 5.35. The van der Waals surface area contributed by atoms with Gasteiger partial charge in [-0.1, -0.05) is 23.2 Å². The Morgan fingerprint density at radius 2 is 2.03 bits per heavy atom. The standard InChI is InChI=1S/C20H14Cl2FN3O5/c1-2-31-20(28)19-12(18-13(22)7-10(21)8-16(18)25-19)4-6-17(27)24-15-9-11(26(29)30)3-5-14(15)23/h3-9,25H,2H2,1H3,(H,24,27). The van der Waals surface area contributed by atoms with Crippen molar-refractivity contribution in [2.45, 2.75) is 6.92 Å². The topological polar surface area (TPSA) is 114 Å². The SMILES string of the molecule is CCOC(=O)c1[nH]c2cc(Cl)cc(Cl)c2c1C=CC(=O)Nc1cc([N+](=O)[O-])ccc1F. The lowest BCUT2D eigenvalue weighted by molar-refractivity contribution is -0.384. The Balaban J connectivity index is 1.97. The summed E-state index contributed by atoms with van der Waals surface area (Å²) >= 11 is 12.3. The zero-order chi connectivity index (χ0) is 22.7. The molecular weight excluding hydrogens is 452 g/mol. The van der Waals surface area contributed by atoms with Crippen molar-refractivity contribution in [2.75, 3.05) is 11.9 Å². The number of benzene rings is 2. The zero-order valence-corrected chi connectivity index (χ0v) is 17.4. The summed E-state index contributed by atoms with van der Waals surface area (Å²) in [4.78, 5) is 37.7. The number of halogens is 3. The van der Waals surface area contributed by atoms with Crippen LogP contribution >= 0.6 is 23.2 Å². The number of H-pyrrole nitrogens is 1. The Kier molecular flexibility index (Phi) is 6.57. The molecule has 31 heavy (non-hydrogen) atoms. The monoisotopic (exact) mass is 465 g/mol. The highest BCUT2D eigenvalue weighted by molar-refractivity contribution is 6.39. The normalized spacial score (nSPS) is 11.1. The van der Waals surface area contributed by atoms with Crippen molar-refractivity contribution in [3.63, 3.8) is 0 Å². The number of ether oxygens (including phenoxy) is 1. The van der Waals surface area contributed by atoms with E-state index in [9.17, 15) is 24.1 Å². The number of hydrogen-bond acceptors (Lipinski definition) is 5. The number of nitrogens with one attached hydrogen (secondary N) is 2. The van der Waals surface area contributed by atoms with Crippen molar-refractivity contribution in [3.05, 3.63) is 73.6 Å². The summed E-state index contributed by atoms with van der Waals surface area (Å²) in [5.74, 6) is -2.30. The summed E-state index contributed by atoms with van der Waals surface area (Å²) < 4.78 is 18.9. The zero-order valence-electron chi connectivity index (χ0n) is 15.9. The van der Waals surface area contributed by atoms with Gasteiger partial charge in [-0.05, 0) is 31.2 Å². The van der Waals surface area contributed by atoms with Gasteiger partial charge in [0, 0.05) is 39.7 Å². The molecule has 0 saturated heterocycles. The van der Waals surface area contributed by atoms with Gasteiger partial charge < -0.3 is 15.0 Å². The summed E-state index contributed by atoms with van der Waals surface area (Å²) in [7, 11) is 0. The third-order valence-corrected chi connectivity index (χ3v) is 4.67. The molecule has 3 rings (SSSR count). The minimum atomic E-state index is -0.843. The van der Waals surface area contributed by atoms with Gasteiger partial charge in [0.05, 0.1) is 22.2 Å². The van der Waals surface area contributed by atoms with Gasteiger partial charge in [0.15, 0.2) is 0 Å². The number of nitro benzene ring substituents is 1. The molecule has 0 saturated carbocycles. The van der Waals surface area contributed by atoms with E-state index in [4.69, 9.17) is 27.9 Å². The number of fused-ring (bicyclic) bond motifs is 1. The molecule has 0 aliphatic rings. The molecule has 0 fully saturated rings. The first-order chi connectivity index (χ1) is 14.7. The Labute approximate surface area is 184 Å². The van der Waals surface area contributed by atoms with Crippen LogP contribution in [0.15, 0.2) is 36.4 Å². The predicted molar refractivity (Wildman–Crippen MR) is 115 cm³/mol. The van der Waals surface area contributed by atoms with Gasteiger partial charge in [-0.3, -0.25) is 14.9 Å². The Hall–Kier alpha value is -3.43. The molecule has 8 nitrogen and oxygen atoms in total. The maximum Gasteiger partial charge on any atom is 0.355 e. The maximum atomic E-state index is 13.9. The van der Waals surface area contributed by atoms with Gasteiger partial charge in [0.2, 0.25) is 5.91 Å². The first kappa shape index (κ1) is 22.3. The second-order valence-corrected chi connectivity index (χ2v) is 7.03. The van der Waals surface area contributed by atoms with Crippen LogP contribution in [0.3, 0.4) is 0 Å². The average molecular weight is 466 g/mol. The average Bonchev–Trinajstić information content (AvgIpc) is 3.06. The number of esters is 1. The molecule has 0 aliphatic heterocycles. The lowest BCUT2D eigenvalue weighted by atomic mass is 10.1. The molecule has 2 aromatic carbocycles. The number of nitro groups is 1. The quantitative estimate of drug-likeness (QED) is 0.220. The second-order valence-electron chi connectivity index (χ2n) is 6.19. The van der Waals surface area contributed by atoms with E-state index < -0.39 is 22.6 Å². The number of nitrogens with zero attached hydrogens (tertiary/aromatic N) is 1. The van der Waals surface area contributed by atoms with Crippen molar-refractivity contribution >= 4 is 63.4 Å². The van der Waals surface area contributed by atoms with Gasteiger partial charge in [-0.25, -0.2) is 9.18 Å². The van der Waals surface area contributed by atoms with Crippen LogP contribution in [0, 0.1) is 15.9 Å². The number of carbonyl (C=O) groups excluding carboxylic acids is 2. The lowest BCUT2D eigenvalue weighted by Gasteiger charge is -2.04. The lowest BCUT2D eigenvalue weighted by Crippen LogP contribution is -2.10. The molecule has 1 aromatic heterocycles. The molecule has 0 atom stereocenters. The summed E-state index contributed by atoms with van der Waals surface area (Å²) in [5.41, 5.74) is 0.0190. The Bertz CT molecular complexity index is 1240. The third kappa shape index (κ3) is 4.84. The number of hydrogen-bond donors (Lipinski definition) is 2. The summed E-state index contributed by atoms with van der Waals surface area (Å²) in [6.07, 6.45) is 2.34. The van der Waals surface area contributed by atoms with Crippen molar-refractivity contribution in [1.29, 1.82) is 0 Å². The number of anilines is 1. The molecule has 0 bridgehead atoms. The number of aromatic amines is 1. The first-order valence-electron chi connectivity index (χ1n) is 8.82. The van der Waals surface area contributed by atoms with Gasteiger partial charge in [0.25, 0.3) is 5.69 Å². The van der Waals surface area contributed by atoms with Crippen molar-refractivity contribution < 1.29 is 23.6 Å². The van der Waals surface area contributed by atoms with E-state index >= 15 is 0 Å². The van der Waals surface area contributed by atoms with Crippen LogP contribution in [0.2, 0.25) is 10.0 Å². The molecule has 160 valence electrons. The highest BCUT2D eigenvalue weighted by Crippen LogP contribution is 2.33. The van der Waals surface area contributed by atoms with Crippen molar-refractivity contribution in [3.8, 4) is 0 Å². The van der Waals surface area contributed by atoms with Gasteiger partial charge in [-0.15, -0.1) is 0 Å². The molecule has 0 unspecified atom stereocenters. The Morgan fingerprint density at radius 1 is 1.29 bits per heavy atom. The van der Waals surface area contributed by atoms with Gasteiger partial charge >= 0.3 is 5.97 Å². The summed E-state index contributed by atoms with van der Waals surface area (Å²) in [6.45, 7) is 1.76. The summed E-state index contributed by atoms with van der Waals surface area (Å²) in [6, 6.07) is 5.78. The van der Waals surface area contributed by atoms with Crippen LogP contribution in [0.1, 0.15) is 23.0 Å². The third-order valence-electron chi connectivity index (χ3n) is 4.15. The molecule has 2 N–H and O–H groups in total. The number of rotatable bonds is 6. The van der Waals surface area contributed by atoms with Crippen molar-refractivity contribution in [2.24, 2.45) is 0 Å². The van der Waals surface area contributed by atoms with Crippen LogP contribution in [-0.2, 0) is 9.53 Å². The largest absolute Gasteiger partial charge is 0.461 e. The second kappa shape index (κ2) is 9.15. The van der Waals surface area contributed by atoms with Crippen LogP contribution in [-0.4, -0.2) is 28.4 Å². The molecule has 0 aliphatic carbocycles. The maximum absolute atomic E-state index is 13.9. The molecule has 1 amide bonds. The molecule has 0 radical (unpaired) electrons. The fourth-order valence-electron chi connectivity index (χ4n) is 2.86. The minimum Gasteiger partial charge on any atom is -0.461 e. The van der Waals surface area contributed by atoms with Crippen LogP contribution in [0.25, 0.3) is 17.0 Å². The number of amides is 1. The number of aromatic nitrogens is 1. The fraction of sp³-hybridized carbons (Fsp3) is 0.100. The van der Waals surface area contributed by atoms with E-state index in [1.54, 1.807) is 13.0 Å². The fourth-order valence-corrected chi connectivity index (χ4v) is 3.46. The number of non-ortho nitro benzene ring substituents is 1. The van der Waals surface area contributed by atoms with Crippen LogP contribution in [0.4, 0.5) is 15.8 Å². The van der Waals surface area contributed by atoms with Gasteiger partial charge in [0.1, 0.15) is 11.5 Å². The molecular formula is C20H14Cl2FN3O5. The van der Waals surface area contributed by atoms with Gasteiger partial charge in [-0.2, -0.15) is 0 Å². The molecule has 11 heteroatoms. The molecule has 0 spiro atoms. The summed E-state index contributed by atoms with van der Waals surface area (Å²) in [5, 5.41) is 14.1. The first-order valence-corrected chi connectivity index (χ1v) is 9.57. The van der Waals surface area contributed by atoms with Crippen molar-refractivity contribution in [1.82, 2.24) is 4.98 Å². The van der Waals surface area contributed by atoms with Crippen LogP contribution < -0.4 is 5.32 Å². The Morgan fingerprint density at radius 3 is 2.71 bits per heavy atom. The highest BCUT2D eigenvalue weighted by Gasteiger charge is 2.20. The van der Waals surface area contributed by atoms with E-state index in [-0.39, 0.29) is 34.3 Å². The highest BCUT2D eigenvalue weighted by atomic mass is 35.5. The van der Waals surface area contributed by atoms with E-state index in [0.29, 0.717) is 15.9 Å². The minimum absolute atomic E-state index is 0.0478. The number of carbonyl (C=O) groups is 2. The van der Waals surface area contributed by atoms with E-state index in [1.807, 2.05) is 0 Å². The van der Waals surface area contributed by atoms with Crippen LogP contribution in [0.5, 0.6) is 0 Å². The molecule has 3 aromatic rings. The molecule has 1 heterocycles.